The van der Waals surface area contributed by atoms with E-state index in [4.69, 9.17) is 0 Å². The molecule has 0 bridgehead atoms. The molecule has 3 rings (SSSR count). The summed E-state index contributed by atoms with van der Waals surface area (Å²) in [5, 5.41) is 0. The Morgan fingerprint density at radius 2 is 0.781 bits per heavy atom. The molecule has 0 aliphatic heterocycles. The van der Waals surface area contributed by atoms with Gasteiger partial charge in [0.2, 0.25) is 0 Å². The van der Waals surface area contributed by atoms with Crippen LogP contribution in [0.25, 0.3) is 0 Å². The molecule has 172 valence electrons. The van der Waals surface area contributed by atoms with E-state index in [9.17, 15) is 0 Å². The number of rotatable bonds is 6. The highest BCUT2D eigenvalue weighted by atomic mass is 15.1. The Balaban J connectivity index is 0.00000176. The van der Waals surface area contributed by atoms with Crippen molar-refractivity contribution >= 4 is 0 Å². The Morgan fingerprint density at radius 3 is 1.09 bits per heavy atom. The first kappa shape index (κ1) is 25.9. The van der Waals surface area contributed by atoms with Gasteiger partial charge in [-0.15, -0.1) is 0 Å². The Hall–Kier alpha value is -2.38. The van der Waals surface area contributed by atoms with Crippen molar-refractivity contribution in [2.24, 2.45) is 0 Å². The molecule has 0 spiro atoms. The molecule has 0 aromatic heterocycles. The number of hydrogen-bond acceptors (Lipinski definition) is 1. The van der Waals surface area contributed by atoms with Crippen LogP contribution in [-0.2, 0) is 30.5 Å². The summed E-state index contributed by atoms with van der Waals surface area (Å²) >= 11 is 0. The van der Waals surface area contributed by atoms with Gasteiger partial charge < -0.3 is 0 Å². The molecule has 3 aromatic rings. The third kappa shape index (κ3) is 7.95. The molecule has 1 heteroatoms. The van der Waals surface area contributed by atoms with E-state index >= 15 is 0 Å². The molecule has 0 amide bonds. The summed E-state index contributed by atoms with van der Waals surface area (Å²) in [6, 6.07) is 29.1. The maximum atomic E-state index is 2.54. The molecule has 0 atom stereocenters. The smallest absolute Gasteiger partial charge is 0.0240 e. The number of benzene rings is 3. The minimum atomic E-state index is 0.192. The second-order valence-corrected chi connectivity index (χ2v) is 10.5. The molecular formula is C31H43N. The predicted molar refractivity (Wildman–Crippen MR) is 141 cm³/mol. The molecule has 0 aliphatic rings. The third-order valence-electron chi connectivity index (χ3n) is 5.70. The van der Waals surface area contributed by atoms with Gasteiger partial charge in [-0.2, -0.15) is 0 Å². The normalized spacial score (nSPS) is 11.8. The van der Waals surface area contributed by atoms with Gasteiger partial charge in [0.15, 0.2) is 0 Å². The van der Waals surface area contributed by atoms with Gasteiger partial charge in [0.05, 0.1) is 0 Å². The van der Waals surface area contributed by atoms with E-state index in [0.717, 1.165) is 19.6 Å². The van der Waals surface area contributed by atoms with Crippen LogP contribution in [0.3, 0.4) is 0 Å². The summed E-state index contributed by atoms with van der Waals surface area (Å²) < 4.78 is 0. The highest BCUT2D eigenvalue weighted by Crippen LogP contribution is 2.25. The second-order valence-electron chi connectivity index (χ2n) is 10.5. The van der Waals surface area contributed by atoms with Gasteiger partial charge in [-0.25, -0.2) is 0 Å². The lowest BCUT2D eigenvalue weighted by Crippen LogP contribution is -2.22. The summed E-state index contributed by atoms with van der Waals surface area (Å²) in [6.45, 7) is 20.4. The van der Waals surface area contributed by atoms with Crippen LogP contribution in [0, 0.1) is 0 Å². The van der Waals surface area contributed by atoms with Gasteiger partial charge in [-0.3, -0.25) is 4.90 Å². The van der Waals surface area contributed by atoms with Crippen LogP contribution in [0.4, 0.5) is 0 Å². The first-order valence-electron chi connectivity index (χ1n) is 12.1. The molecular weight excluding hydrogens is 386 g/mol. The van der Waals surface area contributed by atoms with Crippen molar-refractivity contribution in [2.75, 3.05) is 0 Å². The minimum Gasteiger partial charge on any atom is -0.291 e. The fourth-order valence-corrected chi connectivity index (χ4v) is 3.75. The highest BCUT2D eigenvalue weighted by Gasteiger charge is 2.15. The van der Waals surface area contributed by atoms with Crippen molar-refractivity contribution in [3.63, 3.8) is 0 Å². The molecule has 32 heavy (non-hydrogen) atoms. The summed E-state index contributed by atoms with van der Waals surface area (Å²) in [5.41, 5.74) is 7.25. The summed E-state index contributed by atoms with van der Waals surface area (Å²) in [4.78, 5) is 2.54. The van der Waals surface area contributed by atoms with Gasteiger partial charge in [0, 0.05) is 19.6 Å². The predicted octanol–water partition coefficient (Wildman–Crippen LogP) is 8.51. The van der Waals surface area contributed by atoms with Crippen molar-refractivity contribution in [3.8, 4) is 0 Å². The van der Waals surface area contributed by atoms with Crippen molar-refractivity contribution in [1.29, 1.82) is 0 Å². The monoisotopic (exact) mass is 429 g/mol. The molecule has 0 fully saturated rings. The molecule has 0 unspecified atom stereocenters. The second kappa shape index (κ2) is 11.5. The lowest BCUT2D eigenvalue weighted by atomic mass is 9.86. The molecule has 0 radical (unpaired) electrons. The maximum Gasteiger partial charge on any atom is 0.0240 e. The molecule has 3 aromatic carbocycles. The molecule has 0 saturated carbocycles. The van der Waals surface area contributed by atoms with Crippen LogP contribution in [0.2, 0.25) is 0 Å². The van der Waals surface area contributed by atoms with Crippen LogP contribution in [0.5, 0.6) is 0 Å². The number of hydrogen-bond donors (Lipinski definition) is 0. The maximum absolute atomic E-state index is 2.54. The van der Waals surface area contributed by atoms with Crippen LogP contribution < -0.4 is 0 Å². The van der Waals surface area contributed by atoms with Gasteiger partial charge in [-0.05, 0) is 38.6 Å². The van der Waals surface area contributed by atoms with E-state index < -0.39 is 0 Å². The molecule has 0 saturated heterocycles. The molecule has 0 heterocycles. The van der Waals surface area contributed by atoms with E-state index in [2.05, 4.69) is 125 Å². The van der Waals surface area contributed by atoms with Crippen molar-refractivity contribution in [1.82, 2.24) is 4.90 Å². The largest absolute Gasteiger partial charge is 0.291 e. The van der Waals surface area contributed by atoms with Gasteiger partial charge >= 0.3 is 0 Å². The first-order valence-corrected chi connectivity index (χ1v) is 12.1. The lowest BCUT2D eigenvalue weighted by Gasteiger charge is -2.25. The SMILES string of the molecule is CC.CC(C)(C)c1ccc(CN(Cc2ccccc2)Cc2ccc(C(C)(C)C)cc2)cc1. The van der Waals surface area contributed by atoms with E-state index in [1.54, 1.807) is 0 Å². The van der Waals surface area contributed by atoms with Gasteiger partial charge in [0.25, 0.3) is 0 Å². The standard InChI is InChI=1S/C29H37N.C2H6/c1-28(2,3)26-16-12-24(13-17-26)21-30(20-23-10-8-7-9-11-23)22-25-14-18-27(19-15-25)29(4,5)6;1-2/h7-19H,20-22H2,1-6H3;1-2H3. The van der Waals surface area contributed by atoms with Crippen LogP contribution in [0.1, 0.15) is 83.2 Å². The van der Waals surface area contributed by atoms with Gasteiger partial charge in [0.1, 0.15) is 0 Å². The zero-order valence-corrected chi connectivity index (χ0v) is 21.6. The van der Waals surface area contributed by atoms with Crippen LogP contribution in [0.15, 0.2) is 78.9 Å². The minimum absolute atomic E-state index is 0.192. The van der Waals surface area contributed by atoms with Crippen LogP contribution in [-0.4, -0.2) is 4.90 Å². The molecule has 0 N–H and O–H groups in total. The zero-order chi connectivity index (χ0) is 23.8. The van der Waals surface area contributed by atoms with Crippen molar-refractivity contribution in [3.05, 3.63) is 107 Å². The lowest BCUT2D eigenvalue weighted by molar-refractivity contribution is 0.247. The van der Waals surface area contributed by atoms with Crippen LogP contribution >= 0.6 is 0 Å². The summed E-state index contributed by atoms with van der Waals surface area (Å²) in [7, 11) is 0. The zero-order valence-electron chi connectivity index (χ0n) is 21.6. The summed E-state index contributed by atoms with van der Waals surface area (Å²) in [6.07, 6.45) is 0. The average molecular weight is 430 g/mol. The van der Waals surface area contributed by atoms with E-state index in [1.165, 1.54) is 27.8 Å². The van der Waals surface area contributed by atoms with E-state index in [-0.39, 0.29) is 10.8 Å². The fourth-order valence-electron chi connectivity index (χ4n) is 3.75. The number of nitrogens with zero attached hydrogens (tertiary/aromatic N) is 1. The Kier molecular flexibility index (Phi) is 9.28. The van der Waals surface area contributed by atoms with Crippen molar-refractivity contribution in [2.45, 2.75) is 85.9 Å². The molecule has 1 nitrogen and oxygen atoms in total. The Bertz CT molecular complexity index is 848. The summed E-state index contributed by atoms with van der Waals surface area (Å²) in [5.74, 6) is 0. The quantitative estimate of drug-likeness (QED) is 0.379. The molecule has 0 aliphatic carbocycles. The first-order chi connectivity index (χ1) is 15.1. The topological polar surface area (TPSA) is 3.24 Å². The van der Waals surface area contributed by atoms with E-state index in [0.29, 0.717) is 0 Å². The Morgan fingerprint density at radius 1 is 0.469 bits per heavy atom. The van der Waals surface area contributed by atoms with Crippen molar-refractivity contribution < 1.29 is 0 Å². The van der Waals surface area contributed by atoms with Gasteiger partial charge in [-0.1, -0.05) is 134 Å². The fraction of sp³-hybridized carbons (Fsp3) is 0.419. The third-order valence-corrected chi connectivity index (χ3v) is 5.70. The average Bonchev–Trinajstić information content (AvgIpc) is 2.75. The highest BCUT2D eigenvalue weighted by molar-refractivity contribution is 5.29. The van der Waals surface area contributed by atoms with E-state index in [1.807, 2.05) is 13.8 Å². The Labute approximate surface area is 197 Å².